The van der Waals surface area contributed by atoms with Crippen LogP contribution in [0.5, 0.6) is 0 Å². The van der Waals surface area contributed by atoms with Crippen molar-refractivity contribution in [2.45, 2.75) is 0 Å². The number of hydrogen-bond donors (Lipinski definition) is 0. The molecule has 0 aliphatic heterocycles. The van der Waals surface area contributed by atoms with E-state index in [0.717, 1.165) is 0 Å². The molecule has 0 saturated carbocycles. The van der Waals surface area contributed by atoms with Crippen molar-refractivity contribution in [2.75, 3.05) is 0 Å². The molecule has 0 bridgehead atoms. The Morgan fingerprint density at radius 1 is 0.500 bits per heavy atom. The minimum Gasteiger partial charge on any atom is 0 e. The van der Waals surface area contributed by atoms with Crippen LogP contribution in [0.25, 0.3) is 0 Å². The molecule has 0 aliphatic carbocycles. The Morgan fingerprint density at radius 3 is 0.500 bits per heavy atom. The monoisotopic (exact) mass is 549 g/mol. The van der Waals surface area contributed by atoms with Crippen molar-refractivity contribution in [2.24, 2.45) is 0 Å². The molecular weight excluding hydrogens is 542 g/mol. The van der Waals surface area contributed by atoms with Gasteiger partial charge in [0.1, 0.15) is 0 Å². The third-order valence-electron chi connectivity index (χ3n) is 0. The van der Waals surface area contributed by atoms with Gasteiger partial charge in [0.15, 0.2) is 0 Å². The van der Waals surface area contributed by atoms with Crippen molar-refractivity contribution >= 4 is 71.0 Å². The van der Waals surface area contributed by atoms with Gasteiger partial charge in [0.25, 0.3) is 0 Å². The van der Waals surface area contributed by atoms with Gasteiger partial charge < -0.3 is 0 Å². The van der Waals surface area contributed by atoms with Crippen molar-refractivity contribution in [3.8, 4) is 0 Å². The van der Waals surface area contributed by atoms with Crippen molar-refractivity contribution < 1.29 is 38.6 Å². The molecule has 0 saturated heterocycles. The second-order valence-electron chi connectivity index (χ2n) is 0. The summed E-state index contributed by atoms with van der Waals surface area (Å²) in [7, 11) is 0. The van der Waals surface area contributed by atoms with Gasteiger partial charge in [-0.2, -0.15) is 0 Å². The Kier molecular flexibility index (Phi) is 101. The van der Waals surface area contributed by atoms with Crippen LogP contribution in [0, 0.1) is 38.6 Å². The third kappa shape index (κ3) is 9.17. The summed E-state index contributed by atoms with van der Waals surface area (Å²) in [6.07, 6.45) is 0. The molecule has 4 heavy (non-hydrogen) atoms. The summed E-state index contributed by atoms with van der Waals surface area (Å²) in [6.45, 7) is 0. The molecule has 0 nitrogen and oxygen atoms in total. The average molecular weight is 542 g/mol. The van der Waals surface area contributed by atoms with E-state index in [9.17, 15) is 0 Å². The smallest absolute Gasteiger partial charge is 0 e. The van der Waals surface area contributed by atoms with Gasteiger partial charge in [-0.05, 0) is 0 Å². The molecule has 0 rings (SSSR count). The minimum atomic E-state index is 0. The second kappa shape index (κ2) is 15.9. The van der Waals surface area contributed by atoms with E-state index in [1.807, 2.05) is 0 Å². The van der Waals surface area contributed by atoms with Crippen LogP contribution in [0.3, 0.4) is 0 Å². The molecule has 0 aliphatic rings. The second-order valence-corrected chi connectivity index (χ2v) is 0. The van der Waals surface area contributed by atoms with E-state index < -0.39 is 0 Å². The van der Waals surface area contributed by atoms with Crippen LogP contribution < -0.4 is 0 Å². The molecule has 0 spiro atoms. The van der Waals surface area contributed by atoms with Gasteiger partial charge in [-0.25, -0.2) is 0 Å². The summed E-state index contributed by atoms with van der Waals surface area (Å²) in [6, 6.07) is 0. The maximum absolute atomic E-state index is 0. The molecule has 0 unspecified atom stereocenters. The molecule has 4 heteroatoms. The molecule has 0 atom stereocenters. The van der Waals surface area contributed by atoms with Crippen LogP contribution >= 0.6 is 0 Å². The normalized spacial score (nSPS) is 0. The third-order valence-corrected chi connectivity index (χ3v) is 0. The van der Waals surface area contributed by atoms with E-state index in [4.69, 9.17) is 0 Å². The summed E-state index contributed by atoms with van der Waals surface area (Å²) >= 11 is 0. The minimum absolute atomic E-state index is 0. The van der Waals surface area contributed by atoms with Crippen LogP contribution in [0.1, 0.15) is 0 Å². The number of rotatable bonds is 0. The first kappa shape index (κ1) is 25.4. The molecular formula is TbTe3. The Morgan fingerprint density at radius 2 is 0.500 bits per heavy atom. The van der Waals surface area contributed by atoms with Crippen LogP contribution in [-0.4, -0.2) is 71.0 Å². The molecule has 0 N–H and O–H groups in total. The van der Waals surface area contributed by atoms with Gasteiger partial charge in [-0.1, -0.05) is 0 Å². The fraction of sp³-hybridized carbons (Fsp3) is 0. The predicted octanol–water partition coefficient (Wildman–Crippen LogP) is -1.14. The maximum Gasteiger partial charge on any atom is 0 e. The van der Waals surface area contributed by atoms with Gasteiger partial charge in [0, 0.05) is 110 Å². The molecule has 0 fully saturated rings. The fourth-order valence-electron chi connectivity index (χ4n) is 0. The predicted molar refractivity (Wildman–Crippen MR) is 17.3 cm³/mol. The Hall–Kier alpha value is 3.65. The van der Waals surface area contributed by atoms with Crippen LogP contribution in [-0.2, 0) is 0 Å². The summed E-state index contributed by atoms with van der Waals surface area (Å²) in [5.74, 6) is 0. The Labute approximate surface area is 107 Å². The van der Waals surface area contributed by atoms with E-state index in [2.05, 4.69) is 0 Å². The Balaban J connectivity index is 0. The molecule has 0 heterocycles. The van der Waals surface area contributed by atoms with Crippen LogP contribution in [0.4, 0.5) is 0 Å². The topological polar surface area (TPSA) is 0 Å². The van der Waals surface area contributed by atoms with Gasteiger partial charge in [0.05, 0.1) is 0 Å². The van der Waals surface area contributed by atoms with E-state index in [0.29, 0.717) is 0 Å². The summed E-state index contributed by atoms with van der Waals surface area (Å²) in [5, 5.41) is 0. The molecule has 0 amide bonds. The zero-order valence-electron chi connectivity index (χ0n) is 1.56. The van der Waals surface area contributed by atoms with Crippen molar-refractivity contribution in [3.63, 3.8) is 0 Å². The van der Waals surface area contributed by atoms with Gasteiger partial charge in [-0.3, -0.25) is 0 Å². The first-order valence-electron chi connectivity index (χ1n) is 0. The van der Waals surface area contributed by atoms with Crippen LogP contribution in [0.15, 0.2) is 0 Å². The molecule has 27 valence electrons. The first-order valence-corrected chi connectivity index (χ1v) is 0. The first-order chi connectivity index (χ1) is 0. The van der Waals surface area contributed by atoms with Crippen molar-refractivity contribution in [3.05, 3.63) is 0 Å². The molecule has 0 aromatic rings. The van der Waals surface area contributed by atoms with Gasteiger partial charge in [0.2, 0.25) is 0 Å². The molecule has 0 aromatic heterocycles. The summed E-state index contributed by atoms with van der Waals surface area (Å²) in [4.78, 5) is 0. The zero-order chi connectivity index (χ0) is 0. The molecule has 7 radical (unpaired) electrons. The SMILES string of the molecule is [Tb].[Te].[Te].[Te]. The number of hydrogen-bond acceptors (Lipinski definition) is 0. The van der Waals surface area contributed by atoms with Crippen LogP contribution in [0.2, 0.25) is 0 Å². The standard InChI is InChI=1S/Tb.3Te. The van der Waals surface area contributed by atoms with E-state index >= 15 is 0 Å². The fourth-order valence-corrected chi connectivity index (χ4v) is 0. The summed E-state index contributed by atoms with van der Waals surface area (Å²) < 4.78 is 0. The van der Waals surface area contributed by atoms with Crippen molar-refractivity contribution in [1.29, 1.82) is 0 Å². The average Bonchev–Trinajstić information content (AvgIpc) is 0. The van der Waals surface area contributed by atoms with Crippen molar-refractivity contribution in [1.82, 2.24) is 0 Å². The van der Waals surface area contributed by atoms with Gasteiger partial charge in [-0.15, -0.1) is 0 Å². The van der Waals surface area contributed by atoms with Gasteiger partial charge >= 0.3 is 0 Å². The Bertz CT molecular complexity index is 3.25. The largest absolute Gasteiger partial charge is 0 e. The zero-order valence-corrected chi connectivity index (χ0v) is 10.7. The molecule has 0 aromatic carbocycles. The maximum atomic E-state index is 0. The quantitative estimate of drug-likeness (QED) is 0.340. The summed E-state index contributed by atoms with van der Waals surface area (Å²) in [5.41, 5.74) is 0. The van der Waals surface area contributed by atoms with E-state index in [1.165, 1.54) is 0 Å². The van der Waals surface area contributed by atoms with E-state index in [-0.39, 0.29) is 110 Å². The van der Waals surface area contributed by atoms with E-state index in [1.54, 1.807) is 0 Å².